The Morgan fingerprint density at radius 3 is 2.65 bits per heavy atom. The van der Waals surface area contributed by atoms with E-state index in [2.05, 4.69) is 22.9 Å². The molecule has 0 aliphatic heterocycles. The maximum atomic E-state index is 11.1. The van der Waals surface area contributed by atoms with Crippen LogP contribution in [0.4, 0.5) is 11.4 Å². The number of aryl methyl sites for hydroxylation is 1. The van der Waals surface area contributed by atoms with Gasteiger partial charge in [0, 0.05) is 24.3 Å². The number of benzene rings is 1. The highest BCUT2D eigenvalue weighted by molar-refractivity contribution is 7.14. The number of rotatable bonds is 4. The number of anilines is 2. The Morgan fingerprint density at radius 1 is 1.35 bits per heavy atom. The summed E-state index contributed by atoms with van der Waals surface area (Å²) >= 11 is 7.49. The van der Waals surface area contributed by atoms with E-state index >= 15 is 0 Å². The number of carbonyl (C=O) groups is 1. The SMILES string of the molecule is CC(=O)Nc1ccc(NC(C)c2csc(Cl)c2)cc1C. The summed E-state index contributed by atoms with van der Waals surface area (Å²) in [7, 11) is 0. The lowest BCUT2D eigenvalue weighted by molar-refractivity contribution is -0.114. The van der Waals surface area contributed by atoms with Gasteiger partial charge in [-0.25, -0.2) is 0 Å². The lowest BCUT2D eigenvalue weighted by atomic mass is 10.1. The van der Waals surface area contributed by atoms with Gasteiger partial charge in [-0.15, -0.1) is 11.3 Å². The highest BCUT2D eigenvalue weighted by Crippen LogP contribution is 2.28. The molecular formula is C15H17ClN2OS. The summed E-state index contributed by atoms with van der Waals surface area (Å²) < 4.78 is 0.797. The van der Waals surface area contributed by atoms with Crippen molar-refractivity contribution in [1.29, 1.82) is 0 Å². The van der Waals surface area contributed by atoms with Gasteiger partial charge in [-0.2, -0.15) is 0 Å². The average molecular weight is 309 g/mol. The molecule has 106 valence electrons. The van der Waals surface area contributed by atoms with Gasteiger partial charge in [0.1, 0.15) is 0 Å². The van der Waals surface area contributed by atoms with E-state index in [1.807, 2.05) is 31.2 Å². The number of halogens is 1. The zero-order valence-corrected chi connectivity index (χ0v) is 13.2. The molecule has 2 aromatic rings. The maximum absolute atomic E-state index is 11.1. The van der Waals surface area contributed by atoms with Gasteiger partial charge in [-0.05, 0) is 54.6 Å². The summed E-state index contributed by atoms with van der Waals surface area (Å²) in [6.45, 7) is 5.58. The van der Waals surface area contributed by atoms with E-state index in [-0.39, 0.29) is 11.9 Å². The van der Waals surface area contributed by atoms with E-state index in [9.17, 15) is 4.79 Å². The summed E-state index contributed by atoms with van der Waals surface area (Å²) in [5.74, 6) is -0.0601. The third-order valence-corrected chi connectivity index (χ3v) is 4.12. The van der Waals surface area contributed by atoms with Crippen molar-refractivity contribution >= 4 is 40.2 Å². The molecular weight excluding hydrogens is 292 g/mol. The van der Waals surface area contributed by atoms with Gasteiger partial charge >= 0.3 is 0 Å². The topological polar surface area (TPSA) is 41.1 Å². The van der Waals surface area contributed by atoms with Crippen LogP contribution in [0.3, 0.4) is 0 Å². The summed E-state index contributed by atoms with van der Waals surface area (Å²) in [6.07, 6.45) is 0. The number of hydrogen-bond acceptors (Lipinski definition) is 3. The third-order valence-electron chi connectivity index (χ3n) is 3.01. The van der Waals surface area contributed by atoms with Crippen LogP contribution in [0, 0.1) is 6.92 Å². The monoisotopic (exact) mass is 308 g/mol. The zero-order valence-electron chi connectivity index (χ0n) is 11.7. The molecule has 20 heavy (non-hydrogen) atoms. The summed E-state index contributed by atoms with van der Waals surface area (Å²) in [5, 5.41) is 8.29. The smallest absolute Gasteiger partial charge is 0.221 e. The van der Waals surface area contributed by atoms with E-state index in [0.717, 1.165) is 21.3 Å². The van der Waals surface area contributed by atoms with Crippen LogP contribution in [0.15, 0.2) is 29.6 Å². The molecule has 1 atom stereocenters. The van der Waals surface area contributed by atoms with Crippen LogP contribution in [-0.2, 0) is 4.79 Å². The molecule has 0 bridgehead atoms. The second-order valence-electron chi connectivity index (χ2n) is 4.76. The van der Waals surface area contributed by atoms with Crippen LogP contribution in [0.2, 0.25) is 4.34 Å². The molecule has 1 aromatic heterocycles. The molecule has 0 saturated heterocycles. The van der Waals surface area contributed by atoms with E-state index in [1.54, 1.807) is 0 Å². The molecule has 2 N–H and O–H groups in total. The molecule has 0 fully saturated rings. The summed E-state index contributed by atoms with van der Waals surface area (Å²) in [5.41, 5.74) is 4.06. The molecule has 1 unspecified atom stereocenters. The number of nitrogens with one attached hydrogen (secondary N) is 2. The zero-order chi connectivity index (χ0) is 14.7. The molecule has 1 heterocycles. The van der Waals surface area contributed by atoms with Crippen LogP contribution < -0.4 is 10.6 Å². The van der Waals surface area contributed by atoms with Crippen LogP contribution in [0.25, 0.3) is 0 Å². The number of thiophene rings is 1. The van der Waals surface area contributed by atoms with Gasteiger partial charge in [0.25, 0.3) is 0 Å². The normalized spacial score (nSPS) is 12.0. The lowest BCUT2D eigenvalue weighted by Gasteiger charge is -2.16. The highest BCUT2D eigenvalue weighted by Gasteiger charge is 2.08. The first-order valence-electron chi connectivity index (χ1n) is 6.34. The predicted molar refractivity (Wildman–Crippen MR) is 86.8 cm³/mol. The van der Waals surface area contributed by atoms with E-state index < -0.39 is 0 Å². The number of carbonyl (C=O) groups excluding carboxylic acids is 1. The van der Waals surface area contributed by atoms with Gasteiger partial charge in [-0.3, -0.25) is 4.79 Å². The van der Waals surface area contributed by atoms with Crippen LogP contribution in [0.5, 0.6) is 0 Å². The molecule has 0 aliphatic carbocycles. The van der Waals surface area contributed by atoms with Crippen molar-refractivity contribution in [3.8, 4) is 0 Å². The standard InChI is InChI=1S/C15H17ClN2OS/c1-9-6-13(4-5-14(9)18-11(3)19)17-10(2)12-7-15(16)20-8-12/h4-8,10,17H,1-3H3,(H,18,19). The van der Waals surface area contributed by atoms with Gasteiger partial charge < -0.3 is 10.6 Å². The summed E-state index contributed by atoms with van der Waals surface area (Å²) in [4.78, 5) is 11.1. The van der Waals surface area contributed by atoms with Crippen molar-refractivity contribution in [2.24, 2.45) is 0 Å². The minimum Gasteiger partial charge on any atom is -0.378 e. The fourth-order valence-corrected chi connectivity index (χ4v) is 2.95. The molecule has 0 radical (unpaired) electrons. The summed E-state index contributed by atoms with van der Waals surface area (Å²) in [6, 6.07) is 8.05. The molecule has 2 rings (SSSR count). The van der Waals surface area contributed by atoms with Crippen LogP contribution in [-0.4, -0.2) is 5.91 Å². The third kappa shape index (κ3) is 3.74. The van der Waals surface area contributed by atoms with Crippen molar-refractivity contribution in [3.05, 3.63) is 45.1 Å². The van der Waals surface area contributed by atoms with Crippen LogP contribution >= 0.6 is 22.9 Å². The average Bonchev–Trinajstić information content (AvgIpc) is 2.79. The molecule has 3 nitrogen and oxygen atoms in total. The molecule has 1 aromatic carbocycles. The van der Waals surface area contributed by atoms with Crippen molar-refractivity contribution < 1.29 is 4.79 Å². The van der Waals surface area contributed by atoms with Gasteiger partial charge in [0.15, 0.2) is 0 Å². The lowest BCUT2D eigenvalue weighted by Crippen LogP contribution is -2.09. The first-order valence-corrected chi connectivity index (χ1v) is 7.60. The Labute approximate surface area is 128 Å². The van der Waals surface area contributed by atoms with Gasteiger partial charge in [0.05, 0.1) is 4.34 Å². The van der Waals surface area contributed by atoms with Crippen LogP contribution in [0.1, 0.15) is 31.0 Å². The van der Waals surface area contributed by atoms with E-state index in [4.69, 9.17) is 11.6 Å². The highest BCUT2D eigenvalue weighted by atomic mass is 35.5. The Hall–Kier alpha value is -1.52. The largest absolute Gasteiger partial charge is 0.378 e. The molecule has 1 amide bonds. The minimum absolute atomic E-state index is 0.0601. The fraction of sp³-hybridized carbons (Fsp3) is 0.267. The molecule has 0 aliphatic rings. The van der Waals surface area contributed by atoms with Crippen molar-refractivity contribution in [1.82, 2.24) is 0 Å². The Morgan fingerprint density at radius 2 is 2.10 bits per heavy atom. The molecule has 0 saturated carbocycles. The predicted octanol–water partition coefficient (Wildman–Crippen LogP) is 4.84. The fourth-order valence-electron chi connectivity index (χ4n) is 1.97. The van der Waals surface area contributed by atoms with E-state index in [0.29, 0.717) is 0 Å². The Balaban J connectivity index is 2.10. The molecule has 5 heteroatoms. The second kappa shape index (κ2) is 6.29. The maximum Gasteiger partial charge on any atom is 0.221 e. The molecule has 0 spiro atoms. The van der Waals surface area contributed by atoms with Gasteiger partial charge in [0.2, 0.25) is 5.91 Å². The number of hydrogen-bond donors (Lipinski definition) is 2. The van der Waals surface area contributed by atoms with E-state index in [1.165, 1.54) is 23.8 Å². The first-order chi connectivity index (χ1) is 9.45. The minimum atomic E-state index is -0.0601. The first kappa shape index (κ1) is 14.9. The van der Waals surface area contributed by atoms with Crippen molar-refractivity contribution in [2.75, 3.05) is 10.6 Å². The Bertz CT molecular complexity index is 624. The quantitative estimate of drug-likeness (QED) is 0.848. The second-order valence-corrected chi connectivity index (χ2v) is 6.30. The number of amides is 1. The Kier molecular flexibility index (Phi) is 4.68. The van der Waals surface area contributed by atoms with Gasteiger partial charge in [-0.1, -0.05) is 11.6 Å². The van der Waals surface area contributed by atoms with Crippen molar-refractivity contribution in [2.45, 2.75) is 26.8 Å². The van der Waals surface area contributed by atoms with Crippen molar-refractivity contribution in [3.63, 3.8) is 0 Å².